The minimum Gasteiger partial charge on any atom is -0.392 e. The summed E-state index contributed by atoms with van der Waals surface area (Å²) in [7, 11) is 0. The van der Waals surface area contributed by atoms with Gasteiger partial charge in [-0.2, -0.15) is 0 Å². The Labute approximate surface area is 101 Å². The number of aryl methyl sites for hydroxylation is 2. The van der Waals surface area contributed by atoms with Gasteiger partial charge >= 0.3 is 0 Å². The number of aliphatic hydroxyl groups excluding tert-OH is 1. The Morgan fingerprint density at radius 1 is 1.47 bits per heavy atom. The molecule has 1 aromatic carbocycles. The molecular weight excluding hydrogens is 218 g/mol. The maximum absolute atomic E-state index is 11.8. The molecule has 1 amide bonds. The van der Waals surface area contributed by atoms with Crippen LogP contribution in [0.3, 0.4) is 0 Å². The minimum atomic E-state index is -0.670. The van der Waals surface area contributed by atoms with Gasteiger partial charge in [0.1, 0.15) is 0 Å². The number of nitrogens with one attached hydrogen (secondary N) is 1. The van der Waals surface area contributed by atoms with Gasteiger partial charge in [-0.25, -0.2) is 0 Å². The molecular formula is C13H17NO3. The van der Waals surface area contributed by atoms with Gasteiger partial charge in [-0.3, -0.25) is 4.79 Å². The highest BCUT2D eigenvalue weighted by molar-refractivity contribution is 5.99. The first kappa shape index (κ1) is 12.1. The zero-order valence-electron chi connectivity index (χ0n) is 10.3. The number of anilines is 1. The summed E-state index contributed by atoms with van der Waals surface area (Å²) >= 11 is 0. The second-order valence-corrected chi connectivity index (χ2v) is 4.73. The fourth-order valence-electron chi connectivity index (χ4n) is 1.70. The van der Waals surface area contributed by atoms with E-state index < -0.39 is 5.60 Å². The molecule has 4 nitrogen and oxygen atoms in total. The molecule has 17 heavy (non-hydrogen) atoms. The third kappa shape index (κ3) is 2.33. The number of carbonyl (C=O) groups excluding carboxylic acids is 1. The fourth-order valence-corrected chi connectivity index (χ4v) is 1.70. The summed E-state index contributed by atoms with van der Waals surface area (Å²) in [4.78, 5) is 11.8. The number of rotatable bonds is 3. The van der Waals surface area contributed by atoms with Crippen LogP contribution in [0.15, 0.2) is 12.1 Å². The Morgan fingerprint density at radius 3 is 2.65 bits per heavy atom. The average molecular weight is 235 g/mol. The van der Waals surface area contributed by atoms with Gasteiger partial charge in [-0.15, -0.1) is 0 Å². The van der Waals surface area contributed by atoms with Crippen molar-refractivity contribution in [2.45, 2.75) is 33.0 Å². The fraction of sp³-hybridized carbons (Fsp3) is 0.462. The monoisotopic (exact) mass is 235 g/mol. The number of amides is 1. The van der Waals surface area contributed by atoms with Crippen LogP contribution in [0.4, 0.5) is 5.69 Å². The summed E-state index contributed by atoms with van der Waals surface area (Å²) in [6.45, 7) is 6.08. The van der Waals surface area contributed by atoms with Crippen molar-refractivity contribution in [3.63, 3.8) is 0 Å². The number of carbonyl (C=O) groups is 1. The molecule has 92 valence electrons. The SMILES string of the molecule is Cc1cc(C)c(NC(=O)C2(C)CO2)cc1CO. The Balaban J connectivity index is 2.23. The predicted molar refractivity (Wildman–Crippen MR) is 64.8 cm³/mol. The number of epoxide rings is 1. The maximum atomic E-state index is 11.8. The van der Waals surface area contributed by atoms with Crippen LogP contribution in [0.2, 0.25) is 0 Å². The van der Waals surface area contributed by atoms with E-state index >= 15 is 0 Å². The molecule has 0 radical (unpaired) electrons. The van der Waals surface area contributed by atoms with Crippen LogP contribution in [0.1, 0.15) is 23.6 Å². The number of aliphatic hydroxyl groups is 1. The van der Waals surface area contributed by atoms with Gasteiger partial charge in [0, 0.05) is 5.69 Å². The Bertz CT molecular complexity index is 464. The number of benzene rings is 1. The van der Waals surface area contributed by atoms with Crippen molar-refractivity contribution in [1.82, 2.24) is 0 Å². The molecule has 0 aliphatic carbocycles. The third-order valence-electron chi connectivity index (χ3n) is 3.16. The van der Waals surface area contributed by atoms with E-state index in [4.69, 9.17) is 4.74 Å². The van der Waals surface area contributed by atoms with Gasteiger partial charge in [0.2, 0.25) is 0 Å². The smallest absolute Gasteiger partial charge is 0.258 e. The molecule has 1 aliphatic rings. The second kappa shape index (κ2) is 4.13. The van der Waals surface area contributed by atoms with Crippen molar-refractivity contribution in [3.8, 4) is 0 Å². The van der Waals surface area contributed by atoms with Crippen molar-refractivity contribution in [2.24, 2.45) is 0 Å². The lowest BCUT2D eigenvalue weighted by atomic mass is 10.0. The highest BCUT2D eigenvalue weighted by atomic mass is 16.6. The molecule has 0 saturated carbocycles. The van der Waals surface area contributed by atoms with Gasteiger partial charge in [0.25, 0.3) is 5.91 Å². The van der Waals surface area contributed by atoms with E-state index in [-0.39, 0.29) is 12.5 Å². The van der Waals surface area contributed by atoms with Crippen molar-refractivity contribution in [3.05, 3.63) is 28.8 Å². The topological polar surface area (TPSA) is 61.9 Å². The molecule has 1 aliphatic heterocycles. The van der Waals surface area contributed by atoms with Crippen LogP contribution in [-0.2, 0) is 16.1 Å². The van der Waals surface area contributed by atoms with Crippen molar-refractivity contribution >= 4 is 11.6 Å². The van der Waals surface area contributed by atoms with Crippen LogP contribution < -0.4 is 5.32 Å². The van der Waals surface area contributed by atoms with Crippen molar-refractivity contribution in [2.75, 3.05) is 11.9 Å². The number of ether oxygens (including phenoxy) is 1. The number of hydrogen-bond acceptors (Lipinski definition) is 3. The molecule has 4 heteroatoms. The highest BCUT2D eigenvalue weighted by Gasteiger charge is 2.47. The van der Waals surface area contributed by atoms with E-state index in [1.807, 2.05) is 26.0 Å². The van der Waals surface area contributed by atoms with Gasteiger partial charge < -0.3 is 15.2 Å². The van der Waals surface area contributed by atoms with Crippen LogP contribution in [-0.4, -0.2) is 23.2 Å². The Kier molecular flexibility index (Phi) is 2.93. The lowest BCUT2D eigenvalue weighted by Crippen LogP contribution is -2.28. The van der Waals surface area contributed by atoms with E-state index in [0.29, 0.717) is 6.61 Å². The van der Waals surface area contributed by atoms with Gasteiger partial charge in [-0.05, 0) is 43.5 Å². The molecule has 1 unspecified atom stereocenters. The molecule has 0 bridgehead atoms. The molecule has 2 rings (SSSR count). The summed E-state index contributed by atoms with van der Waals surface area (Å²) in [5.41, 5.74) is 2.90. The first-order valence-electron chi connectivity index (χ1n) is 5.62. The second-order valence-electron chi connectivity index (χ2n) is 4.73. The summed E-state index contributed by atoms with van der Waals surface area (Å²) in [6.07, 6.45) is 0. The van der Waals surface area contributed by atoms with Crippen molar-refractivity contribution < 1.29 is 14.6 Å². The van der Waals surface area contributed by atoms with E-state index in [9.17, 15) is 9.90 Å². The quantitative estimate of drug-likeness (QED) is 0.781. The van der Waals surface area contributed by atoms with Gasteiger partial charge in [0.05, 0.1) is 13.2 Å². The van der Waals surface area contributed by atoms with Crippen LogP contribution in [0, 0.1) is 13.8 Å². The predicted octanol–water partition coefficient (Wildman–Crippen LogP) is 1.52. The van der Waals surface area contributed by atoms with Crippen LogP contribution in [0.5, 0.6) is 0 Å². The van der Waals surface area contributed by atoms with Gasteiger partial charge in [-0.1, -0.05) is 6.07 Å². The normalized spacial score (nSPS) is 22.4. The zero-order chi connectivity index (χ0) is 12.6. The molecule has 0 spiro atoms. The highest BCUT2D eigenvalue weighted by Crippen LogP contribution is 2.29. The summed E-state index contributed by atoms with van der Waals surface area (Å²) < 4.78 is 5.09. The van der Waals surface area contributed by atoms with E-state index in [2.05, 4.69) is 5.32 Å². The van der Waals surface area contributed by atoms with E-state index in [1.54, 1.807) is 6.92 Å². The first-order chi connectivity index (χ1) is 7.96. The van der Waals surface area contributed by atoms with Gasteiger partial charge in [0.15, 0.2) is 5.60 Å². The summed E-state index contributed by atoms with van der Waals surface area (Å²) in [6, 6.07) is 3.77. The Hall–Kier alpha value is -1.39. The molecule has 1 saturated heterocycles. The molecule has 1 aromatic rings. The third-order valence-corrected chi connectivity index (χ3v) is 3.16. The Morgan fingerprint density at radius 2 is 2.12 bits per heavy atom. The van der Waals surface area contributed by atoms with Crippen LogP contribution in [0.25, 0.3) is 0 Å². The molecule has 0 aromatic heterocycles. The zero-order valence-corrected chi connectivity index (χ0v) is 10.3. The largest absolute Gasteiger partial charge is 0.392 e. The molecule has 1 atom stereocenters. The summed E-state index contributed by atoms with van der Waals surface area (Å²) in [5, 5.41) is 12.0. The van der Waals surface area contributed by atoms with E-state index in [0.717, 1.165) is 22.4 Å². The molecule has 1 fully saturated rings. The summed E-state index contributed by atoms with van der Waals surface area (Å²) in [5.74, 6) is -0.131. The lowest BCUT2D eigenvalue weighted by molar-refractivity contribution is -0.120. The van der Waals surface area contributed by atoms with Crippen LogP contribution >= 0.6 is 0 Å². The minimum absolute atomic E-state index is 0.0250. The average Bonchev–Trinajstić information content (AvgIpc) is 3.02. The molecule has 1 heterocycles. The maximum Gasteiger partial charge on any atom is 0.258 e. The lowest BCUT2D eigenvalue weighted by Gasteiger charge is -2.13. The van der Waals surface area contributed by atoms with Crippen molar-refractivity contribution in [1.29, 1.82) is 0 Å². The number of hydrogen-bond donors (Lipinski definition) is 2. The molecule has 2 N–H and O–H groups in total. The van der Waals surface area contributed by atoms with E-state index in [1.165, 1.54) is 0 Å². The standard InChI is InChI=1S/C13H17NO3/c1-8-4-9(2)11(5-10(8)6-15)14-12(16)13(3)7-17-13/h4-5,15H,6-7H2,1-3H3,(H,14,16). The first-order valence-corrected chi connectivity index (χ1v) is 5.62.